The predicted octanol–water partition coefficient (Wildman–Crippen LogP) is 5.37. The van der Waals surface area contributed by atoms with Crippen molar-refractivity contribution < 1.29 is 14.0 Å². The second kappa shape index (κ2) is 8.84. The smallest absolute Gasteiger partial charge is 0.222 e. The van der Waals surface area contributed by atoms with Crippen LogP contribution in [-0.2, 0) is 9.47 Å². The molecule has 0 amide bonds. The Morgan fingerprint density at radius 2 is 1.76 bits per heavy atom. The summed E-state index contributed by atoms with van der Waals surface area (Å²) in [6.07, 6.45) is -0.189. The zero-order chi connectivity index (χ0) is 20.2. The standard InChI is InChI=1S/C23H24N2O3S/c1-15-20(21(28-25-15)16(2)29-18-12-8-5-9-13-18)23-24-19(14-26-3)22(27-23)17-10-6-4-7-11-17/h4-13,16,19,22H,14H2,1-3H3/t16-,19+,22+/m1/s1. The number of ether oxygens (including phenoxy) is 2. The first kappa shape index (κ1) is 19.7. The van der Waals surface area contributed by atoms with Gasteiger partial charge in [-0.15, -0.1) is 11.8 Å². The molecule has 5 nitrogen and oxygen atoms in total. The molecule has 4 rings (SSSR count). The molecule has 0 saturated heterocycles. The fourth-order valence-corrected chi connectivity index (χ4v) is 4.47. The first-order chi connectivity index (χ1) is 14.2. The molecule has 0 spiro atoms. The van der Waals surface area contributed by atoms with E-state index in [-0.39, 0.29) is 17.4 Å². The van der Waals surface area contributed by atoms with E-state index in [0.717, 1.165) is 22.6 Å². The van der Waals surface area contributed by atoms with E-state index in [2.05, 4.69) is 36.3 Å². The molecule has 3 atom stereocenters. The van der Waals surface area contributed by atoms with E-state index < -0.39 is 0 Å². The summed E-state index contributed by atoms with van der Waals surface area (Å²) >= 11 is 1.72. The summed E-state index contributed by atoms with van der Waals surface area (Å²) < 4.78 is 17.5. The Balaban J connectivity index is 1.63. The molecular weight excluding hydrogens is 384 g/mol. The van der Waals surface area contributed by atoms with E-state index in [1.807, 2.05) is 43.3 Å². The van der Waals surface area contributed by atoms with Gasteiger partial charge in [-0.1, -0.05) is 53.7 Å². The molecule has 0 saturated carbocycles. The third-order valence-electron chi connectivity index (χ3n) is 4.86. The van der Waals surface area contributed by atoms with Crippen molar-refractivity contribution in [2.24, 2.45) is 4.99 Å². The molecule has 0 N–H and O–H groups in total. The molecule has 3 aromatic rings. The maximum Gasteiger partial charge on any atom is 0.222 e. The molecule has 0 unspecified atom stereocenters. The number of nitrogens with zero attached hydrogens (tertiary/aromatic N) is 2. The van der Waals surface area contributed by atoms with Gasteiger partial charge in [0.2, 0.25) is 5.90 Å². The van der Waals surface area contributed by atoms with Crippen LogP contribution in [0.3, 0.4) is 0 Å². The molecule has 0 aliphatic carbocycles. The van der Waals surface area contributed by atoms with Crippen molar-refractivity contribution in [2.75, 3.05) is 13.7 Å². The van der Waals surface area contributed by atoms with Gasteiger partial charge in [-0.2, -0.15) is 0 Å². The van der Waals surface area contributed by atoms with E-state index in [1.165, 1.54) is 4.90 Å². The lowest BCUT2D eigenvalue weighted by Crippen LogP contribution is -2.19. The van der Waals surface area contributed by atoms with Crippen LogP contribution < -0.4 is 0 Å². The van der Waals surface area contributed by atoms with Crippen molar-refractivity contribution >= 4 is 17.7 Å². The summed E-state index contributed by atoms with van der Waals surface area (Å²) in [7, 11) is 1.68. The Morgan fingerprint density at radius 1 is 1.07 bits per heavy atom. The highest BCUT2D eigenvalue weighted by molar-refractivity contribution is 7.99. The number of thioether (sulfide) groups is 1. The van der Waals surface area contributed by atoms with Crippen molar-refractivity contribution in [3.8, 4) is 0 Å². The van der Waals surface area contributed by atoms with Gasteiger partial charge in [0, 0.05) is 12.0 Å². The van der Waals surface area contributed by atoms with E-state index >= 15 is 0 Å². The zero-order valence-corrected chi connectivity index (χ0v) is 17.6. The number of benzene rings is 2. The normalized spacial score (nSPS) is 19.6. The first-order valence-corrected chi connectivity index (χ1v) is 10.5. The van der Waals surface area contributed by atoms with Crippen LogP contribution in [-0.4, -0.2) is 30.8 Å². The lowest BCUT2D eigenvalue weighted by Gasteiger charge is -2.17. The lowest BCUT2D eigenvalue weighted by molar-refractivity contribution is 0.120. The van der Waals surface area contributed by atoms with Gasteiger partial charge in [0.25, 0.3) is 0 Å². The van der Waals surface area contributed by atoms with Crippen molar-refractivity contribution in [3.05, 3.63) is 83.2 Å². The minimum absolute atomic E-state index is 0.0663. The van der Waals surface area contributed by atoms with Crippen molar-refractivity contribution in [2.45, 2.75) is 36.1 Å². The predicted molar refractivity (Wildman–Crippen MR) is 114 cm³/mol. The fraction of sp³-hybridized carbons (Fsp3) is 0.304. The molecule has 150 valence electrons. The molecule has 1 aliphatic heterocycles. The third kappa shape index (κ3) is 4.23. The highest BCUT2D eigenvalue weighted by Crippen LogP contribution is 2.39. The Hall–Kier alpha value is -2.57. The molecule has 0 bridgehead atoms. The molecule has 0 fully saturated rings. The van der Waals surface area contributed by atoms with Crippen LogP contribution in [0.1, 0.15) is 40.9 Å². The van der Waals surface area contributed by atoms with Gasteiger partial charge in [0.05, 0.1) is 17.6 Å². The SMILES string of the molecule is COC[C@@H]1N=C(c2c(C)noc2[C@@H](C)Sc2ccccc2)O[C@H]1c1ccccc1. The molecule has 6 heteroatoms. The monoisotopic (exact) mass is 408 g/mol. The molecule has 2 heterocycles. The van der Waals surface area contributed by atoms with Crippen molar-refractivity contribution in [1.82, 2.24) is 5.16 Å². The zero-order valence-electron chi connectivity index (χ0n) is 16.7. The van der Waals surface area contributed by atoms with E-state index in [1.54, 1.807) is 18.9 Å². The van der Waals surface area contributed by atoms with Gasteiger partial charge in [0.1, 0.15) is 11.6 Å². The molecule has 0 radical (unpaired) electrons. The highest BCUT2D eigenvalue weighted by Gasteiger charge is 2.36. The van der Waals surface area contributed by atoms with E-state index in [9.17, 15) is 0 Å². The van der Waals surface area contributed by atoms with Crippen LogP contribution >= 0.6 is 11.8 Å². The second-order valence-electron chi connectivity index (χ2n) is 6.99. The number of hydrogen-bond acceptors (Lipinski definition) is 6. The average Bonchev–Trinajstić information content (AvgIpc) is 3.33. The number of rotatable bonds is 7. The quantitative estimate of drug-likeness (QED) is 0.492. The summed E-state index contributed by atoms with van der Waals surface area (Å²) in [6, 6.07) is 20.3. The molecule has 29 heavy (non-hydrogen) atoms. The number of methoxy groups -OCH3 is 1. The van der Waals surface area contributed by atoms with Crippen LogP contribution in [0.15, 0.2) is 75.1 Å². The topological polar surface area (TPSA) is 56.9 Å². The minimum Gasteiger partial charge on any atom is -0.467 e. The second-order valence-corrected chi connectivity index (χ2v) is 8.40. The molecule has 1 aliphatic rings. The van der Waals surface area contributed by atoms with Crippen LogP contribution in [0, 0.1) is 6.92 Å². The highest BCUT2D eigenvalue weighted by atomic mass is 32.2. The summed E-state index contributed by atoms with van der Waals surface area (Å²) in [5, 5.41) is 4.28. The van der Waals surface area contributed by atoms with Crippen LogP contribution in [0.2, 0.25) is 0 Å². The Labute approximate surface area is 175 Å². The van der Waals surface area contributed by atoms with Gasteiger partial charge in [-0.05, 0) is 31.5 Å². The number of aryl methyl sites for hydroxylation is 1. The van der Waals surface area contributed by atoms with Gasteiger partial charge in [-0.3, -0.25) is 0 Å². The maximum atomic E-state index is 6.34. The molecule has 1 aromatic heterocycles. The Bertz CT molecular complexity index is 972. The van der Waals surface area contributed by atoms with E-state index in [0.29, 0.717) is 12.5 Å². The lowest BCUT2D eigenvalue weighted by atomic mass is 10.0. The van der Waals surface area contributed by atoms with Gasteiger partial charge in [-0.25, -0.2) is 4.99 Å². The van der Waals surface area contributed by atoms with E-state index in [4.69, 9.17) is 19.0 Å². The number of hydrogen-bond donors (Lipinski definition) is 0. The van der Waals surface area contributed by atoms with Gasteiger partial charge < -0.3 is 14.0 Å². The first-order valence-electron chi connectivity index (χ1n) is 9.64. The summed E-state index contributed by atoms with van der Waals surface area (Å²) in [5.41, 5.74) is 2.71. The van der Waals surface area contributed by atoms with Crippen LogP contribution in [0.25, 0.3) is 0 Å². The number of aromatic nitrogens is 1. The maximum absolute atomic E-state index is 6.34. The summed E-state index contributed by atoms with van der Waals surface area (Å²) in [6.45, 7) is 4.52. The largest absolute Gasteiger partial charge is 0.467 e. The third-order valence-corrected chi connectivity index (χ3v) is 5.98. The summed E-state index contributed by atoms with van der Waals surface area (Å²) in [4.78, 5) is 6.02. The van der Waals surface area contributed by atoms with Crippen LogP contribution in [0.4, 0.5) is 0 Å². The average molecular weight is 409 g/mol. The van der Waals surface area contributed by atoms with Crippen molar-refractivity contribution in [1.29, 1.82) is 0 Å². The Kier molecular flexibility index (Phi) is 6.02. The summed E-state index contributed by atoms with van der Waals surface area (Å²) in [5.74, 6) is 1.36. The van der Waals surface area contributed by atoms with Crippen molar-refractivity contribution in [3.63, 3.8) is 0 Å². The van der Waals surface area contributed by atoms with Gasteiger partial charge >= 0.3 is 0 Å². The minimum atomic E-state index is -0.189. The van der Waals surface area contributed by atoms with Gasteiger partial charge in [0.15, 0.2) is 11.9 Å². The van der Waals surface area contributed by atoms with Crippen LogP contribution in [0.5, 0.6) is 0 Å². The molecular formula is C23H24N2O3S. The Morgan fingerprint density at radius 3 is 2.45 bits per heavy atom. The molecule has 2 aromatic carbocycles. The fourth-order valence-electron chi connectivity index (χ4n) is 3.48. The number of aliphatic imine (C=N–C) groups is 1.